The first-order chi connectivity index (χ1) is 17.3. The Hall–Kier alpha value is -3.65. The lowest BCUT2D eigenvalue weighted by atomic mass is 9.98. The normalized spacial score (nSPS) is 16.0. The lowest BCUT2D eigenvalue weighted by Gasteiger charge is -2.34. The van der Waals surface area contributed by atoms with Gasteiger partial charge in [0.15, 0.2) is 0 Å². The van der Waals surface area contributed by atoms with Crippen LogP contribution < -0.4 is 10.2 Å². The third-order valence-corrected chi connectivity index (χ3v) is 6.77. The topological polar surface area (TPSA) is 48.5 Å². The summed E-state index contributed by atoms with van der Waals surface area (Å²) in [4.78, 5) is 21.9. The lowest BCUT2D eigenvalue weighted by Crippen LogP contribution is -2.44. The van der Waals surface area contributed by atoms with Crippen LogP contribution in [0.25, 0.3) is 16.8 Å². The minimum atomic E-state index is -4.40. The Kier molecular flexibility index (Phi) is 6.53. The predicted molar refractivity (Wildman–Crippen MR) is 134 cm³/mol. The molecule has 1 fully saturated rings. The van der Waals surface area contributed by atoms with E-state index in [9.17, 15) is 18.0 Å². The Morgan fingerprint density at radius 2 is 1.67 bits per heavy atom. The minimum Gasteiger partial charge on any atom is -0.369 e. The summed E-state index contributed by atoms with van der Waals surface area (Å²) in [5.41, 5.74) is 5.48. The zero-order chi connectivity index (χ0) is 25.3. The van der Waals surface area contributed by atoms with Crippen LogP contribution >= 0.6 is 0 Å². The fourth-order valence-electron chi connectivity index (χ4n) is 4.72. The van der Waals surface area contributed by atoms with Crippen molar-refractivity contribution in [2.45, 2.75) is 19.0 Å². The van der Waals surface area contributed by atoms with E-state index in [2.05, 4.69) is 51.4 Å². The molecule has 0 saturated carbocycles. The van der Waals surface area contributed by atoms with Crippen molar-refractivity contribution in [3.63, 3.8) is 0 Å². The zero-order valence-electron chi connectivity index (χ0n) is 20.0. The molecular weight excluding hydrogens is 465 g/mol. The number of carbonyl (C=O) groups is 1. The van der Waals surface area contributed by atoms with E-state index >= 15 is 0 Å². The van der Waals surface area contributed by atoms with E-state index in [1.54, 1.807) is 6.20 Å². The molecule has 2 heterocycles. The summed E-state index contributed by atoms with van der Waals surface area (Å²) >= 11 is 0. The second kappa shape index (κ2) is 9.78. The number of anilines is 1. The van der Waals surface area contributed by atoms with Gasteiger partial charge in [-0.25, -0.2) is 0 Å². The highest BCUT2D eigenvalue weighted by molar-refractivity contribution is 5.93. The highest BCUT2D eigenvalue weighted by atomic mass is 19.4. The fourth-order valence-corrected chi connectivity index (χ4v) is 4.72. The van der Waals surface area contributed by atoms with Crippen LogP contribution in [-0.2, 0) is 23.8 Å². The molecule has 8 heteroatoms. The molecule has 3 aromatic rings. The van der Waals surface area contributed by atoms with Gasteiger partial charge in [0, 0.05) is 55.7 Å². The first-order valence-corrected chi connectivity index (χ1v) is 12.0. The van der Waals surface area contributed by atoms with Crippen LogP contribution in [0.1, 0.15) is 22.4 Å². The van der Waals surface area contributed by atoms with Gasteiger partial charge in [-0.2, -0.15) is 13.2 Å². The van der Waals surface area contributed by atoms with Crippen molar-refractivity contribution in [3.05, 3.63) is 89.3 Å². The molecule has 1 aromatic heterocycles. The molecule has 0 atom stereocenters. The van der Waals surface area contributed by atoms with Gasteiger partial charge < -0.3 is 15.1 Å². The van der Waals surface area contributed by atoms with Crippen LogP contribution in [0.4, 0.5) is 18.9 Å². The SMILES string of the molecule is CN1CCN(c2ccc(-c3ccnc4c3C(NC(=O)Cc3ccc(C(F)(F)F)cc3)=CC4)cc2)CC1. The van der Waals surface area contributed by atoms with Crippen LogP contribution in [-0.4, -0.2) is 49.0 Å². The number of hydrogen-bond acceptors (Lipinski definition) is 4. The Bertz CT molecular complexity index is 1280. The summed E-state index contributed by atoms with van der Waals surface area (Å²) in [6, 6.07) is 15.1. The van der Waals surface area contributed by atoms with Crippen LogP contribution in [0.3, 0.4) is 0 Å². The van der Waals surface area contributed by atoms with Crippen molar-refractivity contribution in [3.8, 4) is 11.1 Å². The number of fused-ring (bicyclic) bond motifs is 1. The maximum atomic E-state index is 12.8. The molecule has 1 saturated heterocycles. The molecule has 0 bridgehead atoms. The molecule has 2 aromatic carbocycles. The molecule has 2 aliphatic rings. The summed E-state index contributed by atoms with van der Waals surface area (Å²) in [5.74, 6) is -0.283. The van der Waals surface area contributed by atoms with Crippen LogP contribution in [0, 0.1) is 0 Å². The summed E-state index contributed by atoms with van der Waals surface area (Å²) in [5, 5.41) is 2.95. The van der Waals surface area contributed by atoms with E-state index in [1.165, 1.54) is 17.8 Å². The maximum absolute atomic E-state index is 12.8. The number of piperazine rings is 1. The quantitative estimate of drug-likeness (QED) is 0.557. The second-order valence-corrected chi connectivity index (χ2v) is 9.26. The van der Waals surface area contributed by atoms with Gasteiger partial charge in [-0.3, -0.25) is 9.78 Å². The minimum absolute atomic E-state index is 0.0138. The van der Waals surface area contributed by atoms with E-state index in [0.29, 0.717) is 17.7 Å². The summed E-state index contributed by atoms with van der Waals surface area (Å²) in [6.07, 6.45) is -0.0857. The molecule has 0 radical (unpaired) electrons. The molecule has 36 heavy (non-hydrogen) atoms. The van der Waals surface area contributed by atoms with Gasteiger partial charge in [0.2, 0.25) is 5.91 Å². The number of allylic oxidation sites excluding steroid dienone is 1. The number of nitrogens with zero attached hydrogens (tertiary/aromatic N) is 3. The average molecular weight is 493 g/mol. The zero-order valence-corrected chi connectivity index (χ0v) is 20.0. The number of benzene rings is 2. The molecule has 186 valence electrons. The molecule has 0 unspecified atom stereocenters. The standard InChI is InChI=1S/C28H27F3N4O/c1-34-14-16-35(17-15-34)22-8-4-20(5-9-22)23-12-13-32-24-10-11-25(27(23)24)33-26(36)18-19-2-6-21(7-3-19)28(29,30)31/h2-9,11-13H,10,14-18H2,1H3,(H,33,36). The van der Waals surface area contributed by atoms with Gasteiger partial charge in [0.05, 0.1) is 17.7 Å². The van der Waals surface area contributed by atoms with E-state index in [-0.39, 0.29) is 12.3 Å². The van der Waals surface area contributed by atoms with Crippen molar-refractivity contribution < 1.29 is 18.0 Å². The first-order valence-electron chi connectivity index (χ1n) is 12.0. The van der Waals surface area contributed by atoms with Gasteiger partial charge >= 0.3 is 6.18 Å². The third kappa shape index (κ3) is 5.14. The number of pyridine rings is 1. The second-order valence-electron chi connectivity index (χ2n) is 9.26. The molecule has 5 rings (SSSR count). The summed E-state index contributed by atoms with van der Waals surface area (Å²) < 4.78 is 38.4. The van der Waals surface area contributed by atoms with Crippen molar-refractivity contribution >= 4 is 17.3 Å². The van der Waals surface area contributed by atoms with Crippen LogP contribution in [0.15, 0.2) is 66.9 Å². The number of nitrogens with one attached hydrogen (secondary N) is 1. The smallest absolute Gasteiger partial charge is 0.369 e. The predicted octanol–water partition coefficient (Wildman–Crippen LogP) is 4.78. The van der Waals surface area contributed by atoms with Crippen molar-refractivity contribution in [1.29, 1.82) is 0 Å². The lowest BCUT2D eigenvalue weighted by molar-refractivity contribution is -0.137. The van der Waals surface area contributed by atoms with Gasteiger partial charge in [0.25, 0.3) is 0 Å². The molecule has 1 aliphatic carbocycles. The van der Waals surface area contributed by atoms with E-state index in [1.807, 2.05) is 12.1 Å². The highest BCUT2D eigenvalue weighted by Gasteiger charge is 2.30. The first kappa shape index (κ1) is 24.1. The molecular formula is C28H27F3N4O. The number of amides is 1. The number of carbonyl (C=O) groups excluding carboxylic acids is 1. The Morgan fingerprint density at radius 1 is 0.972 bits per heavy atom. The molecule has 1 aliphatic heterocycles. The molecule has 1 amide bonds. The number of hydrogen-bond donors (Lipinski definition) is 1. The average Bonchev–Trinajstić information content (AvgIpc) is 3.27. The number of rotatable bonds is 5. The molecule has 0 spiro atoms. The fraction of sp³-hybridized carbons (Fsp3) is 0.286. The molecule has 5 nitrogen and oxygen atoms in total. The third-order valence-electron chi connectivity index (χ3n) is 6.77. The van der Waals surface area contributed by atoms with Gasteiger partial charge in [0.1, 0.15) is 0 Å². The van der Waals surface area contributed by atoms with E-state index < -0.39 is 11.7 Å². The van der Waals surface area contributed by atoms with Crippen molar-refractivity contribution in [2.75, 3.05) is 38.1 Å². The van der Waals surface area contributed by atoms with E-state index in [0.717, 1.165) is 60.7 Å². The largest absolute Gasteiger partial charge is 0.416 e. The number of likely N-dealkylation sites (N-methyl/N-ethyl adjacent to an activating group) is 1. The van der Waals surface area contributed by atoms with Crippen molar-refractivity contribution in [2.24, 2.45) is 0 Å². The van der Waals surface area contributed by atoms with Crippen LogP contribution in [0.2, 0.25) is 0 Å². The summed E-state index contributed by atoms with van der Waals surface area (Å²) in [6.45, 7) is 4.08. The number of halogens is 3. The number of alkyl halides is 3. The van der Waals surface area contributed by atoms with Crippen LogP contribution in [0.5, 0.6) is 0 Å². The van der Waals surface area contributed by atoms with Gasteiger partial charge in [-0.15, -0.1) is 0 Å². The Balaban J connectivity index is 1.30. The highest BCUT2D eigenvalue weighted by Crippen LogP contribution is 2.35. The van der Waals surface area contributed by atoms with Gasteiger partial charge in [-0.1, -0.05) is 30.3 Å². The Labute approximate surface area is 208 Å². The molecule has 1 N–H and O–H groups in total. The number of aromatic nitrogens is 1. The van der Waals surface area contributed by atoms with Gasteiger partial charge in [-0.05, 0) is 54.1 Å². The van der Waals surface area contributed by atoms with E-state index in [4.69, 9.17) is 0 Å². The summed E-state index contributed by atoms with van der Waals surface area (Å²) in [7, 11) is 2.14. The maximum Gasteiger partial charge on any atom is 0.416 e. The van der Waals surface area contributed by atoms with Crippen molar-refractivity contribution in [1.82, 2.24) is 15.2 Å². The Morgan fingerprint density at radius 3 is 2.33 bits per heavy atom. The monoisotopic (exact) mass is 492 g/mol.